The number of phenols is 1. The van der Waals surface area contributed by atoms with E-state index >= 15 is 0 Å². The van der Waals surface area contributed by atoms with Gasteiger partial charge in [-0.05, 0) is 82.8 Å². The third-order valence-corrected chi connectivity index (χ3v) is 9.32. The monoisotopic (exact) mass is 647 g/mol. The van der Waals surface area contributed by atoms with Crippen LogP contribution in [0.2, 0.25) is 0 Å². The maximum atomic E-state index is 11.0. The molecule has 5 aromatic carbocycles. The van der Waals surface area contributed by atoms with Crippen molar-refractivity contribution in [2.75, 3.05) is 0 Å². The Morgan fingerprint density at radius 3 is 1.98 bits per heavy atom. The number of para-hydroxylation sites is 3. The van der Waals surface area contributed by atoms with Crippen molar-refractivity contribution in [2.45, 2.75) is 26.2 Å². The van der Waals surface area contributed by atoms with Gasteiger partial charge in [-0.1, -0.05) is 118 Å². The molecule has 0 bridgehead atoms. The van der Waals surface area contributed by atoms with Gasteiger partial charge in [0, 0.05) is 33.8 Å². The van der Waals surface area contributed by atoms with Gasteiger partial charge < -0.3 is 9.67 Å². The number of aromatic nitrogens is 3. The molecule has 3 aromatic heterocycles. The molecule has 0 saturated carbocycles. The molecule has 0 spiro atoms. The molecule has 242 valence electrons. The van der Waals surface area contributed by atoms with Gasteiger partial charge in [0.05, 0.1) is 34.0 Å². The topological polar surface area (TPSA) is 50.9 Å². The predicted molar refractivity (Wildman–Crippen MR) is 206 cm³/mol. The van der Waals surface area contributed by atoms with Crippen molar-refractivity contribution in [1.82, 2.24) is 14.5 Å². The SMILES string of the molecule is CC(C)(C)c1ccnc(-c2cccc(-c3cc(-c4ccccc4-n4c(-c5ccccc5)cc5ccccc54)cc(-c4ccccc4O)n3)c2)c1. The van der Waals surface area contributed by atoms with Crippen LogP contribution >= 0.6 is 0 Å². The van der Waals surface area contributed by atoms with E-state index in [9.17, 15) is 5.11 Å². The Kier molecular flexibility index (Phi) is 7.85. The molecule has 50 heavy (non-hydrogen) atoms. The van der Waals surface area contributed by atoms with Crippen LogP contribution in [0, 0.1) is 0 Å². The zero-order valence-electron chi connectivity index (χ0n) is 28.4. The lowest BCUT2D eigenvalue weighted by Crippen LogP contribution is -2.11. The Bertz CT molecular complexity index is 2490. The first-order valence-electron chi connectivity index (χ1n) is 17.0. The predicted octanol–water partition coefficient (Wildman–Crippen LogP) is 11.8. The van der Waals surface area contributed by atoms with Crippen LogP contribution in [0.1, 0.15) is 26.3 Å². The van der Waals surface area contributed by atoms with Gasteiger partial charge in [0.2, 0.25) is 0 Å². The number of nitrogens with zero attached hydrogens (tertiary/aromatic N) is 3. The van der Waals surface area contributed by atoms with Gasteiger partial charge in [-0.2, -0.15) is 0 Å². The normalized spacial score (nSPS) is 11.6. The number of hydrogen-bond donors (Lipinski definition) is 1. The molecule has 0 radical (unpaired) electrons. The second-order valence-corrected chi connectivity index (χ2v) is 13.7. The fraction of sp³-hybridized carbons (Fsp3) is 0.0870. The minimum Gasteiger partial charge on any atom is -0.507 e. The Morgan fingerprint density at radius 2 is 1.18 bits per heavy atom. The lowest BCUT2D eigenvalue weighted by molar-refractivity contribution is 0.477. The number of pyridine rings is 2. The largest absolute Gasteiger partial charge is 0.507 e. The molecule has 8 aromatic rings. The maximum absolute atomic E-state index is 11.0. The lowest BCUT2D eigenvalue weighted by Gasteiger charge is -2.19. The van der Waals surface area contributed by atoms with Crippen molar-refractivity contribution in [2.24, 2.45) is 0 Å². The summed E-state index contributed by atoms with van der Waals surface area (Å²) in [7, 11) is 0. The number of hydrogen-bond acceptors (Lipinski definition) is 3. The Balaban J connectivity index is 1.34. The number of benzene rings is 5. The fourth-order valence-corrected chi connectivity index (χ4v) is 6.70. The van der Waals surface area contributed by atoms with Gasteiger partial charge in [0.25, 0.3) is 0 Å². The molecule has 0 aliphatic rings. The van der Waals surface area contributed by atoms with Crippen molar-refractivity contribution in [3.8, 4) is 67.6 Å². The second kappa shape index (κ2) is 12.6. The van der Waals surface area contributed by atoms with Crippen molar-refractivity contribution in [3.63, 3.8) is 0 Å². The smallest absolute Gasteiger partial charge is 0.124 e. The molecular formula is C46H37N3O. The van der Waals surface area contributed by atoms with E-state index in [2.05, 4.69) is 159 Å². The first-order valence-corrected chi connectivity index (χ1v) is 17.0. The standard InChI is InChI=1S/C46H37N3O/c1-46(2,3)36-24-25-47-39(30-36)32-17-13-18-33(26-32)40-27-35(28-41(48-40)38-20-9-12-23-45(38)50)37-19-8-11-22-43(37)49-42-21-10-7-16-34(42)29-44(49)31-14-5-4-6-15-31/h4-30,50H,1-3H3. The van der Waals surface area contributed by atoms with Crippen LogP contribution in [-0.2, 0) is 5.41 Å². The van der Waals surface area contributed by atoms with Crippen molar-refractivity contribution in [3.05, 3.63) is 169 Å². The lowest BCUT2D eigenvalue weighted by atomic mass is 9.87. The summed E-state index contributed by atoms with van der Waals surface area (Å²) in [5.41, 5.74) is 12.9. The summed E-state index contributed by atoms with van der Waals surface area (Å²) in [4.78, 5) is 9.91. The quantitative estimate of drug-likeness (QED) is 0.195. The molecule has 0 atom stereocenters. The highest BCUT2D eigenvalue weighted by Gasteiger charge is 2.19. The van der Waals surface area contributed by atoms with Crippen LogP contribution < -0.4 is 0 Å². The van der Waals surface area contributed by atoms with Crippen LogP contribution in [-0.4, -0.2) is 19.6 Å². The van der Waals surface area contributed by atoms with Crippen molar-refractivity contribution < 1.29 is 5.11 Å². The van der Waals surface area contributed by atoms with Gasteiger partial charge in [0.1, 0.15) is 5.75 Å². The van der Waals surface area contributed by atoms with Crippen LogP contribution in [0.4, 0.5) is 0 Å². The van der Waals surface area contributed by atoms with E-state index in [4.69, 9.17) is 9.97 Å². The Morgan fingerprint density at radius 1 is 0.520 bits per heavy atom. The van der Waals surface area contributed by atoms with E-state index in [0.717, 1.165) is 56.1 Å². The van der Waals surface area contributed by atoms with Gasteiger partial charge in [-0.25, -0.2) is 4.98 Å². The minimum absolute atomic E-state index is 0.0105. The van der Waals surface area contributed by atoms with Gasteiger partial charge in [-0.3, -0.25) is 4.98 Å². The summed E-state index contributed by atoms with van der Waals surface area (Å²) >= 11 is 0. The molecule has 0 amide bonds. The number of fused-ring (bicyclic) bond motifs is 1. The summed E-state index contributed by atoms with van der Waals surface area (Å²) in [6.45, 7) is 6.65. The average Bonchev–Trinajstić information content (AvgIpc) is 3.55. The second-order valence-electron chi connectivity index (χ2n) is 13.7. The van der Waals surface area contributed by atoms with E-state index in [1.54, 1.807) is 6.07 Å². The molecule has 4 heteroatoms. The van der Waals surface area contributed by atoms with Crippen LogP contribution in [0.25, 0.3) is 72.7 Å². The highest BCUT2D eigenvalue weighted by molar-refractivity contribution is 5.92. The number of phenolic OH excluding ortho intramolecular Hbond substituents is 1. The zero-order valence-corrected chi connectivity index (χ0v) is 28.4. The third-order valence-electron chi connectivity index (χ3n) is 9.32. The zero-order chi connectivity index (χ0) is 34.2. The highest BCUT2D eigenvalue weighted by atomic mass is 16.3. The molecule has 0 aliphatic carbocycles. The van der Waals surface area contributed by atoms with Crippen molar-refractivity contribution >= 4 is 10.9 Å². The van der Waals surface area contributed by atoms with E-state index in [1.807, 2.05) is 24.4 Å². The molecule has 0 aliphatic heterocycles. The van der Waals surface area contributed by atoms with Crippen molar-refractivity contribution in [1.29, 1.82) is 0 Å². The summed E-state index contributed by atoms with van der Waals surface area (Å²) in [5.74, 6) is 0.191. The van der Waals surface area contributed by atoms with Crippen LogP contribution in [0.5, 0.6) is 5.75 Å². The van der Waals surface area contributed by atoms with Gasteiger partial charge in [-0.15, -0.1) is 0 Å². The Labute approximate surface area is 293 Å². The maximum Gasteiger partial charge on any atom is 0.124 e. The first kappa shape index (κ1) is 31.0. The van der Waals surface area contributed by atoms with Gasteiger partial charge in [0.15, 0.2) is 0 Å². The van der Waals surface area contributed by atoms with E-state index in [1.165, 1.54) is 10.9 Å². The summed E-state index contributed by atoms with van der Waals surface area (Å²) in [6.07, 6.45) is 1.89. The molecule has 1 N–H and O–H groups in total. The number of rotatable bonds is 6. The molecule has 0 fully saturated rings. The van der Waals surface area contributed by atoms with E-state index < -0.39 is 0 Å². The number of aromatic hydroxyl groups is 1. The average molecular weight is 648 g/mol. The Hall–Kier alpha value is -6.26. The molecule has 4 nitrogen and oxygen atoms in total. The summed E-state index contributed by atoms with van der Waals surface area (Å²) in [6, 6.07) is 54.2. The van der Waals surface area contributed by atoms with Crippen LogP contribution in [0.3, 0.4) is 0 Å². The van der Waals surface area contributed by atoms with E-state index in [0.29, 0.717) is 11.3 Å². The first-order chi connectivity index (χ1) is 24.3. The van der Waals surface area contributed by atoms with Gasteiger partial charge >= 0.3 is 0 Å². The summed E-state index contributed by atoms with van der Waals surface area (Å²) < 4.78 is 2.36. The molecule has 0 saturated heterocycles. The fourth-order valence-electron chi connectivity index (χ4n) is 6.70. The molecule has 3 heterocycles. The molecular weight excluding hydrogens is 611 g/mol. The van der Waals surface area contributed by atoms with Crippen LogP contribution in [0.15, 0.2) is 164 Å². The van der Waals surface area contributed by atoms with E-state index in [-0.39, 0.29) is 11.2 Å². The minimum atomic E-state index is 0.0105. The third kappa shape index (κ3) is 5.86. The highest BCUT2D eigenvalue weighted by Crippen LogP contribution is 2.39. The molecule has 0 unspecified atom stereocenters. The molecule has 8 rings (SSSR count). The summed E-state index contributed by atoms with van der Waals surface area (Å²) in [5, 5.41) is 12.2.